The van der Waals surface area contributed by atoms with Gasteiger partial charge in [0.05, 0.1) is 0 Å². The maximum atomic E-state index is 6.61. The fourth-order valence-corrected chi connectivity index (χ4v) is 7.50. The summed E-state index contributed by atoms with van der Waals surface area (Å²) in [5, 5.41) is 4.96. The molecule has 248 valence electrons. The summed E-state index contributed by atoms with van der Waals surface area (Å²) in [4.78, 5) is 9.45. The molecule has 3 nitrogen and oxygen atoms in total. The maximum Gasteiger partial charge on any atom is 0.227 e. The summed E-state index contributed by atoms with van der Waals surface area (Å²) in [5.74, 6) is 0.598. The van der Waals surface area contributed by atoms with Gasteiger partial charge in [-0.25, -0.2) is 4.98 Å². The highest BCUT2D eigenvalue weighted by molar-refractivity contribution is 5.99. The highest BCUT2D eigenvalue weighted by atomic mass is 16.3. The van der Waals surface area contributed by atoms with Crippen LogP contribution in [0.1, 0.15) is 0 Å². The van der Waals surface area contributed by atoms with Crippen LogP contribution in [0.25, 0.3) is 99.7 Å². The molecule has 0 atom stereocenters. The lowest BCUT2D eigenvalue weighted by atomic mass is 9.94. The molecule has 8 aromatic carbocycles. The fourth-order valence-electron chi connectivity index (χ4n) is 7.50. The fraction of sp³-hybridized carbons (Fsp3) is 0. The predicted octanol–water partition coefficient (Wildman–Crippen LogP) is 13.5. The number of aromatic nitrogens is 2. The molecular weight excluding hydrogens is 645 g/mol. The SMILES string of the molecule is c1cncc(-c2ccc(-c3cc(-c4ccc(-c5cccc6ccccc56)cc4)cc4oc(-c5ccc(-c6cccc7ccccc67)cc5)nc34)cc2)c1. The molecule has 10 rings (SSSR count). The van der Waals surface area contributed by atoms with Crippen molar-refractivity contribution in [2.45, 2.75) is 0 Å². The van der Waals surface area contributed by atoms with Gasteiger partial charge >= 0.3 is 0 Å². The van der Waals surface area contributed by atoms with Gasteiger partial charge in [-0.3, -0.25) is 4.98 Å². The topological polar surface area (TPSA) is 38.9 Å². The highest BCUT2D eigenvalue weighted by Gasteiger charge is 2.17. The summed E-state index contributed by atoms with van der Waals surface area (Å²) >= 11 is 0. The highest BCUT2D eigenvalue weighted by Crippen LogP contribution is 2.39. The normalized spacial score (nSPS) is 11.4. The summed E-state index contributed by atoms with van der Waals surface area (Å²) < 4.78 is 6.61. The molecule has 53 heavy (non-hydrogen) atoms. The smallest absolute Gasteiger partial charge is 0.227 e. The quantitative estimate of drug-likeness (QED) is 0.176. The number of pyridine rings is 1. The van der Waals surface area contributed by atoms with E-state index in [4.69, 9.17) is 9.40 Å². The van der Waals surface area contributed by atoms with E-state index < -0.39 is 0 Å². The van der Waals surface area contributed by atoms with Crippen LogP contribution in [0.4, 0.5) is 0 Å². The van der Waals surface area contributed by atoms with Gasteiger partial charge in [0, 0.05) is 23.5 Å². The van der Waals surface area contributed by atoms with Gasteiger partial charge in [-0.1, -0.05) is 152 Å². The van der Waals surface area contributed by atoms with Crippen LogP contribution in [-0.2, 0) is 0 Å². The third-order valence-corrected chi connectivity index (χ3v) is 10.2. The zero-order chi connectivity index (χ0) is 35.1. The van der Waals surface area contributed by atoms with Crippen LogP contribution in [0.3, 0.4) is 0 Å². The van der Waals surface area contributed by atoms with Crippen LogP contribution >= 0.6 is 0 Å². The molecule has 0 spiro atoms. The Kier molecular flexibility index (Phi) is 7.47. The van der Waals surface area contributed by atoms with Crippen LogP contribution in [0.2, 0.25) is 0 Å². The van der Waals surface area contributed by atoms with Crippen molar-refractivity contribution in [1.29, 1.82) is 0 Å². The molecule has 2 heterocycles. The number of hydrogen-bond donors (Lipinski definition) is 0. The van der Waals surface area contributed by atoms with E-state index >= 15 is 0 Å². The minimum absolute atomic E-state index is 0.598. The Morgan fingerprint density at radius 3 is 1.45 bits per heavy atom. The largest absolute Gasteiger partial charge is 0.436 e. The van der Waals surface area contributed by atoms with E-state index in [1.165, 1.54) is 38.2 Å². The average Bonchev–Trinajstić information content (AvgIpc) is 3.68. The second kappa shape index (κ2) is 12.9. The summed E-state index contributed by atoms with van der Waals surface area (Å²) in [6.07, 6.45) is 3.69. The molecule has 0 aliphatic carbocycles. The molecule has 0 fully saturated rings. The first-order chi connectivity index (χ1) is 26.2. The van der Waals surface area contributed by atoms with Gasteiger partial charge in [0.15, 0.2) is 5.58 Å². The third kappa shape index (κ3) is 5.65. The molecule has 0 saturated carbocycles. The van der Waals surface area contributed by atoms with Gasteiger partial charge < -0.3 is 4.42 Å². The third-order valence-electron chi connectivity index (χ3n) is 10.2. The van der Waals surface area contributed by atoms with Gasteiger partial charge in [-0.15, -0.1) is 0 Å². The van der Waals surface area contributed by atoms with Gasteiger partial charge in [0.25, 0.3) is 0 Å². The van der Waals surface area contributed by atoms with Crippen molar-refractivity contribution in [3.05, 3.63) is 194 Å². The lowest BCUT2D eigenvalue weighted by Crippen LogP contribution is -1.87. The van der Waals surface area contributed by atoms with Gasteiger partial charge in [0.2, 0.25) is 5.89 Å². The molecule has 0 aliphatic heterocycles. The first kappa shape index (κ1) is 30.7. The van der Waals surface area contributed by atoms with Gasteiger partial charge in [0.1, 0.15) is 5.52 Å². The Bertz CT molecular complexity index is 2900. The monoisotopic (exact) mass is 676 g/mol. The van der Waals surface area contributed by atoms with E-state index in [2.05, 4.69) is 181 Å². The maximum absolute atomic E-state index is 6.61. The van der Waals surface area contributed by atoms with Crippen LogP contribution in [0, 0.1) is 0 Å². The summed E-state index contributed by atoms with van der Waals surface area (Å²) in [6.45, 7) is 0. The van der Waals surface area contributed by atoms with Crippen LogP contribution in [0.5, 0.6) is 0 Å². The lowest BCUT2D eigenvalue weighted by Gasteiger charge is -2.10. The molecule has 0 radical (unpaired) electrons. The van der Waals surface area contributed by atoms with Crippen molar-refractivity contribution in [3.63, 3.8) is 0 Å². The number of benzene rings is 8. The number of fused-ring (bicyclic) bond motifs is 3. The molecule has 3 heteroatoms. The summed E-state index contributed by atoms with van der Waals surface area (Å²) in [7, 11) is 0. The second-order valence-electron chi connectivity index (χ2n) is 13.4. The molecule has 0 N–H and O–H groups in total. The van der Waals surface area contributed by atoms with Crippen molar-refractivity contribution in [3.8, 4) is 67.1 Å². The Morgan fingerprint density at radius 1 is 0.358 bits per heavy atom. The lowest BCUT2D eigenvalue weighted by molar-refractivity contribution is 0.620. The number of hydrogen-bond acceptors (Lipinski definition) is 3. The van der Waals surface area contributed by atoms with Crippen molar-refractivity contribution in [2.75, 3.05) is 0 Å². The zero-order valence-electron chi connectivity index (χ0n) is 28.8. The molecule has 10 aromatic rings. The second-order valence-corrected chi connectivity index (χ2v) is 13.4. The van der Waals surface area contributed by atoms with Crippen molar-refractivity contribution in [1.82, 2.24) is 9.97 Å². The van der Waals surface area contributed by atoms with E-state index in [0.717, 1.165) is 55.6 Å². The van der Waals surface area contributed by atoms with E-state index in [1.54, 1.807) is 6.20 Å². The molecule has 0 aliphatic rings. The van der Waals surface area contributed by atoms with Crippen LogP contribution < -0.4 is 0 Å². The van der Waals surface area contributed by atoms with Crippen LogP contribution in [0.15, 0.2) is 199 Å². The number of rotatable bonds is 6. The Labute approximate surface area is 307 Å². The summed E-state index contributed by atoms with van der Waals surface area (Å²) in [6, 6.07) is 64.4. The van der Waals surface area contributed by atoms with E-state index in [-0.39, 0.29) is 0 Å². The zero-order valence-corrected chi connectivity index (χ0v) is 28.8. The molecule has 0 unspecified atom stereocenters. The minimum atomic E-state index is 0.598. The van der Waals surface area contributed by atoms with Crippen molar-refractivity contribution >= 4 is 32.6 Å². The molecule has 2 aromatic heterocycles. The van der Waals surface area contributed by atoms with E-state index in [1.807, 2.05) is 12.3 Å². The van der Waals surface area contributed by atoms with E-state index in [0.29, 0.717) is 5.89 Å². The van der Waals surface area contributed by atoms with Crippen LogP contribution in [-0.4, -0.2) is 9.97 Å². The van der Waals surface area contributed by atoms with Gasteiger partial charge in [-0.05, 0) is 102 Å². The molecular formula is C50H32N2O. The molecule has 0 amide bonds. The Hall–Kier alpha value is -7.10. The van der Waals surface area contributed by atoms with Crippen molar-refractivity contribution < 1.29 is 4.42 Å². The molecule has 0 saturated heterocycles. The van der Waals surface area contributed by atoms with Gasteiger partial charge in [-0.2, -0.15) is 0 Å². The minimum Gasteiger partial charge on any atom is -0.436 e. The number of oxazole rings is 1. The predicted molar refractivity (Wildman–Crippen MR) is 219 cm³/mol. The number of nitrogens with zero attached hydrogens (tertiary/aromatic N) is 2. The first-order valence-corrected chi connectivity index (χ1v) is 17.9. The van der Waals surface area contributed by atoms with Crippen molar-refractivity contribution in [2.24, 2.45) is 0 Å². The first-order valence-electron chi connectivity index (χ1n) is 17.9. The molecule has 0 bridgehead atoms. The standard InChI is InChI=1S/C50H32N2O/c1-3-13-43-35(8-1)10-5-15-45(43)37-21-19-34(20-22-37)42-30-47(39-23-17-33(18-24-39)41-12-7-29-51-32-41)49-48(31-42)53-50(52-49)40-27-25-38(26-28-40)46-16-6-11-36-9-2-4-14-44(36)46/h1-32H. The van der Waals surface area contributed by atoms with E-state index in [9.17, 15) is 0 Å². The Balaban J connectivity index is 1.06. The summed E-state index contributed by atoms with van der Waals surface area (Å²) in [5.41, 5.74) is 13.8. The Morgan fingerprint density at radius 2 is 0.868 bits per heavy atom. The average molecular weight is 677 g/mol.